The minimum absolute atomic E-state index is 0.136. The topological polar surface area (TPSA) is 30.7 Å². The fourth-order valence-corrected chi connectivity index (χ4v) is 5.65. The third-order valence-corrected chi connectivity index (χ3v) is 8.35. The van der Waals surface area contributed by atoms with Crippen LogP contribution in [0.2, 0.25) is 0 Å². The smallest absolute Gasteiger partial charge is 0.348 e. The molecule has 0 N–H and O–H groups in total. The molecule has 2 aromatic carbocycles. The highest BCUT2D eigenvalue weighted by Crippen LogP contribution is 2.43. The summed E-state index contributed by atoms with van der Waals surface area (Å²) >= 11 is 0. The van der Waals surface area contributed by atoms with Gasteiger partial charge in [0.15, 0.2) is 0 Å². The Morgan fingerprint density at radius 2 is 1.47 bits per heavy atom. The number of hydrogen-bond donors (Lipinski definition) is 0. The molecule has 206 valence electrons. The minimum Gasteiger partial charge on any atom is -0.424 e. The molecule has 38 heavy (non-hydrogen) atoms. The molecule has 1 aliphatic rings. The number of hydrogen-bond acceptors (Lipinski definition) is 2. The summed E-state index contributed by atoms with van der Waals surface area (Å²) in [6.07, 6.45) is 14.3. The van der Waals surface area contributed by atoms with Gasteiger partial charge >= 0.3 is 5.97 Å². The number of halogens is 1. The van der Waals surface area contributed by atoms with Crippen LogP contribution in [-0.2, 0) is 4.79 Å². The summed E-state index contributed by atoms with van der Waals surface area (Å²) in [6.45, 7) is 13.5. The first-order valence-corrected chi connectivity index (χ1v) is 14.8. The number of unbranched alkanes of at least 4 members (excludes halogenated alkanes) is 6. The minimum atomic E-state index is -1.97. The van der Waals surface area contributed by atoms with Gasteiger partial charge in [-0.25, -0.2) is 15.8 Å². The summed E-state index contributed by atoms with van der Waals surface area (Å²) in [6, 6.07) is 16.0. The molecule has 1 atom stereocenters. The Kier molecular flexibility index (Phi) is 11.4. The molecule has 3 nitrogen and oxygen atoms in total. The van der Waals surface area contributed by atoms with E-state index in [-0.39, 0.29) is 12.0 Å². The van der Waals surface area contributed by atoms with E-state index in [4.69, 9.17) is 11.3 Å². The zero-order valence-electron chi connectivity index (χ0n) is 23.7. The van der Waals surface area contributed by atoms with Gasteiger partial charge in [-0.3, -0.25) is 0 Å². The maximum Gasteiger partial charge on any atom is 0.348 e. The first-order valence-electron chi connectivity index (χ1n) is 14.8. The van der Waals surface area contributed by atoms with Gasteiger partial charge in [0.2, 0.25) is 11.2 Å². The Morgan fingerprint density at radius 3 is 2.05 bits per heavy atom. The standard InChI is InChI=1S/C34H46FNO2/c1-5-7-9-10-12-24-34(36-4)25-21-30(22-26-34)28-15-13-27(14-16-28)29-17-19-31(20-18-29)38-32(37)33(3,35)23-11-8-6-2/h13-20,30H,5-12,21-26H2,1-3H3/t30?,33-,34?/m0/s1. The third kappa shape index (κ3) is 8.42. The van der Waals surface area contributed by atoms with Crippen LogP contribution in [0.3, 0.4) is 0 Å². The van der Waals surface area contributed by atoms with Crippen molar-refractivity contribution in [3.05, 3.63) is 65.5 Å². The van der Waals surface area contributed by atoms with Crippen LogP contribution >= 0.6 is 0 Å². The molecular weight excluding hydrogens is 473 g/mol. The van der Waals surface area contributed by atoms with Crippen molar-refractivity contribution in [3.63, 3.8) is 0 Å². The fourth-order valence-electron chi connectivity index (χ4n) is 5.65. The predicted molar refractivity (Wildman–Crippen MR) is 155 cm³/mol. The molecule has 1 aliphatic carbocycles. The summed E-state index contributed by atoms with van der Waals surface area (Å²) in [7, 11) is 0. The van der Waals surface area contributed by atoms with Crippen LogP contribution in [0, 0.1) is 6.57 Å². The summed E-state index contributed by atoms with van der Waals surface area (Å²) in [4.78, 5) is 16.4. The van der Waals surface area contributed by atoms with E-state index in [1.807, 2.05) is 12.1 Å². The second-order valence-electron chi connectivity index (χ2n) is 11.5. The second kappa shape index (κ2) is 14.5. The molecule has 1 saturated carbocycles. The first kappa shape index (κ1) is 29.9. The molecule has 3 rings (SSSR count). The molecule has 0 heterocycles. The lowest BCUT2D eigenvalue weighted by atomic mass is 9.72. The van der Waals surface area contributed by atoms with E-state index >= 15 is 0 Å². The number of esters is 1. The Balaban J connectivity index is 1.52. The van der Waals surface area contributed by atoms with Gasteiger partial charge in [-0.2, -0.15) is 0 Å². The van der Waals surface area contributed by atoms with Crippen LogP contribution in [0.25, 0.3) is 16.0 Å². The van der Waals surface area contributed by atoms with Crippen molar-refractivity contribution < 1.29 is 13.9 Å². The molecule has 0 unspecified atom stereocenters. The van der Waals surface area contributed by atoms with Crippen LogP contribution in [0.15, 0.2) is 48.5 Å². The van der Waals surface area contributed by atoms with Crippen LogP contribution in [0.5, 0.6) is 5.75 Å². The summed E-state index contributed by atoms with van der Waals surface area (Å²) < 4.78 is 20.0. The van der Waals surface area contributed by atoms with E-state index in [1.165, 1.54) is 44.6 Å². The maximum absolute atomic E-state index is 14.7. The highest BCUT2D eigenvalue weighted by molar-refractivity contribution is 5.81. The zero-order valence-corrected chi connectivity index (χ0v) is 23.7. The largest absolute Gasteiger partial charge is 0.424 e. The number of carbonyl (C=O) groups excluding carboxylic acids is 1. The molecule has 0 bridgehead atoms. The molecule has 0 radical (unpaired) electrons. The normalized spacial score (nSPS) is 20.9. The number of ether oxygens (including phenoxy) is 1. The van der Waals surface area contributed by atoms with E-state index in [1.54, 1.807) is 12.1 Å². The van der Waals surface area contributed by atoms with Gasteiger partial charge in [0.1, 0.15) is 5.75 Å². The van der Waals surface area contributed by atoms with E-state index in [0.29, 0.717) is 18.1 Å². The van der Waals surface area contributed by atoms with Crippen LogP contribution < -0.4 is 4.74 Å². The first-order chi connectivity index (χ1) is 18.3. The van der Waals surface area contributed by atoms with Crippen molar-refractivity contribution in [2.45, 2.75) is 128 Å². The number of alkyl halides is 1. The quantitative estimate of drug-likeness (QED) is 0.108. The van der Waals surface area contributed by atoms with Crippen molar-refractivity contribution in [2.24, 2.45) is 0 Å². The molecule has 2 aromatic rings. The molecule has 0 saturated heterocycles. The summed E-state index contributed by atoms with van der Waals surface area (Å²) in [5.74, 6) is 0.0654. The van der Waals surface area contributed by atoms with Gasteiger partial charge in [0.25, 0.3) is 0 Å². The monoisotopic (exact) mass is 519 g/mol. The summed E-state index contributed by atoms with van der Waals surface area (Å²) in [5.41, 5.74) is 1.38. The van der Waals surface area contributed by atoms with Gasteiger partial charge in [-0.1, -0.05) is 88.8 Å². The molecule has 0 aromatic heterocycles. The average molecular weight is 520 g/mol. The summed E-state index contributed by atoms with van der Waals surface area (Å²) in [5, 5.41) is 0. The Bertz CT molecular complexity index is 1030. The average Bonchev–Trinajstić information content (AvgIpc) is 2.94. The lowest BCUT2D eigenvalue weighted by Crippen LogP contribution is -2.34. The second-order valence-corrected chi connectivity index (χ2v) is 11.5. The highest BCUT2D eigenvalue weighted by atomic mass is 19.1. The molecular formula is C34H46FNO2. The van der Waals surface area contributed by atoms with Crippen molar-refractivity contribution >= 4 is 5.97 Å². The van der Waals surface area contributed by atoms with E-state index in [0.717, 1.165) is 56.1 Å². The predicted octanol–water partition coefficient (Wildman–Crippen LogP) is 10.2. The molecule has 4 heteroatoms. The Hall–Kier alpha value is -2.67. The third-order valence-electron chi connectivity index (χ3n) is 8.35. The zero-order chi connectivity index (χ0) is 27.4. The van der Waals surface area contributed by atoms with Crippen LogP contribution in [-0.4, -0.2) is 17.2 Å². The van der Waals surface area contributed by atoms with Gasteiger partial charge < -0.3 is 9.58 Å². The highest BCUT2D eigenvalue weighted by Gasteiger charge is 2.40. The Labute approximate surface area is 230 Å². The van der Waals surface area contributed by atoms with Crippen molar-refractivity contribution in [1.29, 1.82) is 0 Å². The number of nitrogens with zero attached hydrogens (tertiary/aromatic N) is 1. The SMILES string of the molecule is [C-]#[N+]C1(CCCCCCC)CCC(c2ccc(-c3ccc(OC(=O)[C@@](C)(F)CCCCC)cc3)cc2)CC1. The molecule has 0 spiro atoms. The number of carbonyl (C=O) groups is 1. The van der Waals surface area contributed by atoms with Crippen LogP contribution in [0.1, 0.15) is 122 Å². The van der Waals surface area contributed by atoms with Crippen molar-refractivity contribution in [1.82, 2.24) is 0 Å². The lowest BCUT2D eigenvalue weighted by molar-refractivity contribution is -0.147. The van der Waals surface area contributed by atoms with Gasteiger partial charge in [0, 0.05) is 19.3 Å². The fraction of sp³-hybridized carbons (Fsp3) is 0.588. The van der Waals surface area contributed by atoms with Gasteiger partial charge in [-0.05, 0) is 73.8 Å². The number of benzene rings is 2. The van der Waals surface area contributed by atoms with Crippen molar-refractivity contribution in [2.75, 3.05) is 0 Å². The van der Waals surface area contributed by atoms with Crippen LogP contribution in [0.4, 0.5) is 4.39 Å². The van der Waals surface area contributed by atoms with E-state index < -0.39 is 11.6 Å². The van der Waals surface area contributed by atoms with E-state index in [2.05, 4.69) is 43.0 Å². The Morgan fingerprint density at radius 1 is 0.921 bits per heavy atom. The van der Waals surface area contributed by atoms with E-state index in [9.17, 15) is 9.18 Å². The van der Waals surface area contributed by atoms with Gasteiger partial charge in [0.05, 0.1) is 0 Å². The molecule has 1 fully saturated rings. The molecule has 0 aliphatic heterocycles. The van der Waals surface area contributed by atoms with Crippen molar-refractivity contribution in [3.8, 4) is 16.9 Å². The maximum atomic E-state index is 14.7. The number of rotatable bonds is 14. The van der Waals surface area contributed by atoms with Gasteiger partial charge in [-0.15, -0.1) is 0 Å². The molecule has 0 amide bonds. The lowest BCUT2D eigenvalue weighted by Gasteiger charge is -2.31.